The van der Waals surface area contributed by atoms with E-state index in [1.807, 2.05) is 12.1 Å². The van der Waals surface area contributed by atoms with Gasteiger partial charge in [-0.15, -0.1) is 11.3 Å². The number of rotatable bonds is 3. The van der Waals surface area contributed by atoms with Crippen LogP contribution in [0.1, 0.15) is 23.1 Å². The molecule has 0 fully saturated rings. The van der Waals surface area contributed by atoms with Crippen molar-refractivity contribution < 1.29 is 5.11 Å². The number of nitrogens with zero attached hydrogens (tertiary/aromatic N) is 1. The van der Waals surface area contributed by atoms with Crippen molar-refractivity contribution in [3.8, 4) is 10.6 Å². The molecule has 0 saturated heterocycles. The van der Waals surface area contributed by atoms with Crippen LogP contribution in [0.4, 0.5) is 0 Å². The third-order valence-corrected chi connectivity index (χ3v) is 3.90. The first-order chi connectivity index (χ1) is 7.76. The van der Waals surface area contributed by atoms with Gasteiger partial charge in [0.2, 0.25) is 0 Å². The van der Waals surface area contributed by atoms with Crippen LogP contribution in [-0.2, 0) is 13.0 Å². The summed E-state index contributed by atoms with van der Waals surface area (Å²) in [6.07, 6.45) is 0.930. The monoisotopic (exact) mass is 233 g/mol. The number of aliphatic hydroxyl groups excluding tert-OH is 1. The van der Waals surface area contributed by atoms with Gasteiger partial charge in [-0.1, -0.05) is 31.2 Å². The summed E-state index contributed by atoms with van der Waals surface area (Å²) in [5, 5.41) is 10.2. The summed E-state index contributed by atoms with van der Waals surface area (Å²) in [6.45, 7) is 4.21. The number of aromatic nitrogens is 1. The highest BCUT2D eigenvalue weighted by atomic mass is 32.1. The Kier molecular flexibility index (Phi) is 3.36. The quantitative estimate of drug-likeness (QED) is 0.883. The summed E-state index contributed by atoms with van der Waals surface area (Å²) >= 11 is 1.68. The van der Waals surface area contributed by atoms with Crippen molar-refractivity contribution in [1.29, 1.82) is 0 Å². The van der Waals surface area contributed by atoms with Crippen LogP contribution < -0.4 is 0 Å². The summed E-state index contributed by atoms with van der Waals surface area (Å²) in [7, 11) is 0. The predicted octanol–water partition coefficient (Wildman–Crippen LogP) is 3.17. The zero-order valence-corrected chi connectivity index (χ0v) is 10.3. The third-order valence-electron chi connectivity index (χ3n) is 2.62. The zero-order chi connectivity index (χ0) is 11.5. The van der Waals surface area contributed by atoms with E-state index in [9.17, 15) is 5.11 Å². The van der Waals surface area contributed by atoms with E-state index >= 15 is 0 Å². The van der Waals surface area contributed by atoms with E-state index in [2.05, 4.69) is 31.0 Å². The molecule has 0 bridgehead atoms. The second kappa shape index (κ2) is 4.76. The maximum atomic E-state index is 9.22. The lowest BCUT2D eigenvalue weighted by Gasteiger charge is -1.99. The Morgan fingerprint density at radius 2 is 2.06 bits per heavy atom. The van der Waals surface area contributed by atoms with E-state index in [0.717, 1.165) is 17.1 Å². The van der Waals surface area contributed by atoms with E-state index < -0.39 is 0 Å². The lowest BCUT2D eigenvalue weighted by atomic mass is 10.1. The molecule has 1 aromatic carbocycles. The molecular formula is C13H15NOS. The first-order valence-electron chi connectivity index (χ1n) is 5.41. The molecule has 2 rings (SSSR count). The first-order valence-corrected chi connectivity index (χ1v) is 6.23. The average molecular weight is 233 g/mol. The van der Waals surface area contributed by atoms with Gasteiger partial charge in [0.1, 0.15) is 5.01 Å². The van der Waals surface area contributed by atoms with Crippen LogP contribution in [0.15, 0.2) is 24.3 Å². The van der Waals surface area contributed by atoms with Crippen molar-refractivity contribution in [2.24, 2.45) is 0 Å². The van der Waals surface area contributed by atoms with E-state index in [4.69, 9.17) is 0 Å². The molecule has 2 nitrogen and oxygen atoms in total. The molecule has 0 aliphatic rings. The van der Waals surface area contributed by atoms with Gasteiger partial charge in [-0.3, -0.25) is 0 Å². The molecule has 0 spiro atoms. The fourth-order valence-corrected chi connectivity index (χ4v) is 2.81. The molecule has 0 aliphatic carbocycles. The van der Waals surface area contributed by atoms with Gasteiger partial charge in [0.15, 0.2) is 0 Å². The Bertz CT molecular complexity index is 469. The van der Waals surface area contributed by atoms with Crippen molar-refractivity contribution in [1.82, 2.24) is 4.98 Å². The largest absolute Gasteiger partial charge is 0.390 e. The van der Waals surface area contributed by atoms with Crippen LogP contribution in [-0.4, -0.2) is 10.1 Å². The van der Waals surface area contributed by atoms with Gasteiger partial charge in [0.05, 0.1) is 12.3 Å². The number of aryl methyl sites for hydroxylation is 2. The maximum Gasteiger partial charge on any atom is 0.124 e. The van der Waals surface area contributed by atoms with Crippen LogP contribution in [0.25, 0.3) is 10.6 Å². The Labute approximate surface area is 99.6 Å². The predicted molar refractivity (Wildman–Crippen MR) is 67.6 cm³/mol. The molecular weight excluding hydrogens is 218 g/mol. The molecule has 0 aliphatic heterocycles. The lowest BCUT2D eigenvalue weighted by Crippen LogP contribution is -1.88. The second-order valence-electron chi connectivity index (χ2n) is 3.72. The normalized spacial score (nSPS) is 10.7. The van der Waals surface area contributed by atoms with Crippen LogP contribution in [0.5, 0.6) is 0 Å². The smallest absolute Gasteiger partial charge is 0.124 e. The van der Waals surface area contributed by atoms with E-state index in [1.54, 1.807) is 11.3 Å². The zero-order valence-electron chi connectivity index (χ0n) is 9.53. The molecule has 2 aromatic rings. The SMILES string of the molecule is CCc1sc(-c2ccccc2C)nc1CO. The molecule has 84 valence electrons. The van der Waals surface area contributed by atoms with Gasteiger partial charge in [0.25, 0.3) is 0 Å². The Morgan fingerprint density at radius 1 is 1.31 bits per heavy atom. The average Bonchev–Trinajstić information content (AvgIpc) is 2.72. The van der Waals surface area contributed by atoms with Crippen LogP contribution >= 0.6 is 11.3 Å². The third kappa shape index (κ3) is 2.01. The van der Waals surface area contributed by atoms with Gasteiger partial charge in [-0.25, -0.2) is 4.98 Å². The van der Waals surface area contributed by atoms with Crippen molar-refractivity contribution >= 4 is 11.3 Å². The minimum absolute atomic E-state index is 0.0333. The molecule has 1 N–H and O–H groups in total. The molecule has 0 unspecified atom stereocenters. The number of aliphatic hydroxyl groups is 1. The summed E-state index contributed by atoms with van der Waals surface area (Å²) < 4.78 is 0. The molecule has 0 radical (unpaired) electrons. The number of benzene rings is 1. The van der Waals surface area contributed by atoms with Crippen LogP contribution in [0, 0.1) is 6.92 Å². The minimum Gasteiger partial charge on any atom is -0.390 e. The van der Waals surface area contributed by atoms with E-state index in [-0.39, 0.29) is 6.61 Å². The Hall–Kier alpha value is -1.19. The van der Waals surface area contributed by atoms with Crippen LogP contribution in [0.3, 0.4) is 0 Å². The van der Waals surface area contributed by atoms with Crippen molar-refractivity contribution in [3.63, 3.8) is 0 Å². The maximum absolute atomic E-state index is 9.22. The summed E-state index contributed by atoms with van der Waals surface area (Å²) in [5.41, 5.74) is 3.22. The highest BCUT2D eigenvalue weighted by Crippen LogP contribution is 2.30. The van der Waals surface area contributed by atoms with Crippen molar-refractivity contribution in [2.45, 2.75) is 26.9 Å². The molecule has 0 saturated carbocycles. The van der Waals surface area contributed by atoms with Crippen LogP contribution in [0.2, 0.25) is 0 Å². The Balaban J connectivity index is 2.49. The number of hydrogen-bond acceptors (Lipinski definition) is 3. The Morgan fingerprint density at radius 3 is 2.62 bits per heavy atom. The lowest BCUT2D eigenvalue weighted by molar-refractivity contribution is 0.276. The molecule has 0 atom stereocenters. The summed E-state index contributed by atoms with van der Waals surface area (Å²) in [6, 6.07) is 8.21. The second-order valence-corrected chi connectivity index (χ2v) is 4.80. The molecule has 1 aromatic heterocycles. The van der Waals surface area contributed by atoms with Crippen molar-refractivity contribution in [3.05, 3.63) is 40.4 Å². The van der Waals surface area contributed by atoms with E-state index in [0.29, 0.717) is 0 Å². The molecule has 0 amide bonds. The summed E-state index contributed by atoms with van der Waals surface area (Å²) in [4.78, 5) is 5.68. The van der Waals surface area contributed by atoms with Gasteiger partial charge in [-0.05, 0) is 18.9 Å². The molecule has 1 heterocycles. The first kappa shape index (κ1) is 11.3. The van der Waals surface area contributed by atoms with Crippen molar-refractivity contribution in [2.75, 3.05) is 0 Å². The van der Waals surface area contributed by atoms with Gasteiger partial charge in [-0.2, -0.15) is 0 Å². The number of hydrogen-bond donors (Lipinski definition) is 1. The van der Waals surface area contributed by atoms with Gasteiger partial charge < -0.3 is 5.11 Å². The molecule has 16 heavy (non-hydrogen) atoms. The highest BCUT2D eigenvalue weighted by molar-refractivity contribution is 7.15. The minimum atomic E-state index is 0.0333. The van der Waals surface area contributed by atoms with E-state index in [1.165, 1.54) is 16.0 Å². The van der Waals surface area contributed by atoms with Gasteiger partial charge in [0, 0.05) is 10.4 Å². The topological polar surface area (TPSA) is 33.1 Å². The fourth-order valence-electron chi connectivity index (χ4n) is 1.71. The highest BCUT2D eigenvalue weighted by Gasteiger charge is 2.11. The number of thiazole rings is 1. The molecule has 3 heteroatoms. The standard InChI is InChI=1S/C13H15NOS/c1-3-12-11(8-15)14-13(16-12)10-7-5-4-6-9(10)2/h4-7,15H,3,8H2,1-2H3. The van der Waals surface area contributed by atoms with Gasteiger partial charge >= 0.3 is 0 Å². The summed E-state index contributed by atoms with van der Waals surface area (Å²) in [5.74, 6) is 0. The fraction of sp³-hybridized carbons (Fsp3) is 0.308.